The third-order valence-corrected chi connectivity index (χ3v) is 5.21. The quantitative estimate of drug-likeness (QED) is 0.748. The highest BCUT2D eigenvalue weighted by atomic mass is 19.4. The van der Waals surface area contributed by atoms with Gasteiger partial charge in [-0.2, -0.15) is 13.2 Å². The Bertz CT molecular complexity index is 1020. The van der Waals surface area contributed by atoms with Crippen LogP contribution in [0.1, 0.15) is 48.4 Å². The summed E-state index contributed by atoms with van der Waals surface area (Å²) in [5.41, 5.74) is 2.62. The van der Waals surface area contributed by atoms with Crippen molar-refractivity contribution >= 4 is 11.5 Å². The lowest BCUT2D eigenvalue weighted by molar-refractivity contribution is -0.153. The van der Waals surface area contributed by atoms with Gasteiger partial charge in [0.25, 0.3) is 5.56 Å². The highest BCUT2D eigenvalue weighted by Gasteiger charge is 2.29. The summed E-state index contributed by atoms with van der Waals surface area (Å²) in [5.74, 6) is 0.376. The van der Waals surface area contributed by atoms with Crippen LogP contribution in [0.5, 0.6) is 5.75 Å². The molecule has 2 N–H and O–H groups in total. The average Bonchev–Trinajstić information content (AvgIpc) is 3.46. The van der Waals surface area contributed by atoms with E-state index in [9.17, 15) is 22.8 Å². The van der Waals surface area contributed by atoms with Gasteiger partial charge in [0.1, 0.15) is 5.75 Å². The van der Waals surface area contributed by atoms with Crippen LogP contribution in [-0.2, 0) is 4.79 Å². The second-order valence-corrected chi connectivity index (χ2v) is 7.65. The van der Waals surface area contributed by atoms with E-state index in [4.69, 9.17) is 4.74 Å². The number of amides is 1. The second-order valence-electron chi connectivity index (χ2n) is 7.65. The van der Waals surface area contributed by atoms with E-state index in [1.807, 2.05) is 18.2 Å². The van der Waals surface area contributed by atoms with Gasteiger partial charge in [-0.15, -0.1) is 0 Å². The number of hydrogen-bond donors (Lipinski definition) is 2. The van der Waals surface area contributed by atoms with Gasteiger partial charge in [0, 0.05) is 29.3 Å². The van der Waals surface area contributed by atoms with Crippen LogP contribution in [0.2, 0.25) is 0 Å². The topological polar surface area (TPSA) is 71.2 Å². The maximum atomic E-state index is 12.5. The van der Waals surface area contributed by atoms with Crippen LogP contribution in [0.4, 0.5) is 13.2 Å². The molecule has 0 radical (unpaired) electrons. The van der Waals surface area contributed by atoms with E-state index in [1.54, 1.807) is 12.1 Å². The standard InChI is InChI=1S/C22H21F3N2O3/c23-22(24,25)12-30-16-6-3-14(4-7-16)18(11-15-5-10-20(28)26-15)19-9-8-17(13-1-2-13)21(29)27-19/h3-4,6-9,11,13,15H,1-2,5,10,12H2,(H,26,28)(H,27,29)/b18-11+/t15-/m1/s1. The summed E-state index contributed by atoms with van der Waals surface area (Å²) in [7, 11) is 0. The van der Waals surface area contributed by atoms with Gasteiger partial charge in [-0.05, 0) is 48.9 Å². The first kappa shape index (κ1) is 20.3. The zero-order chi connectivity index (χ0) is 21.3. The minimum absolute atomic E-state index is 0.0379. The summed E-state index contributed by atoms with van der Waals surface area (Å²) in [5, 5.41) is 2.87. The fourth-order valence-corrected chi connectivity index (χ4v) is 3.56. The highest BCUT2D eigenvalue weighted by Crippen LogP contribution is 2.38. The first-order valence-corrected chi connectivity index (χ1v) is 9.83. The molecule has 1 saturated carbocycles. The van der Waals surface area contributed by atoms with Gasteiger partial charge < -0.3 is 15.0 Å². The average molecular weight is 418 g/mol. The zero-order valence-corrected chi connectivity index (χ0v) is 16.1. The number of benzene rings is 1. The van der Waals surface area contributed by atoms with Crippen molar-refractivity contribution in [2.45, 2.75) is 43.8 Å². The smallest absolute Gasteiger partial charge is 0.422 e. The molecule has 1 amide bonds. The number of rotatable bonds is 6. The zero-order valence-electron chi connectivity index (χ0n) is 16.1. The van der Waals surface area contributed by atoms with E-state index >= 15 is 0 Å². The lowest BCUT2D eigenvalue weighted by Crippen LogP contribution is -2.23. The lowest BCUT2D eigenvalue weighted by atomic mass is 9.98. The highest BCUT2D eigenvalue weighted by molar-refractivity contribution is 5.82. The normalized spacial score (nSPS) is 19.6. The van der Waals surface area contributed by atoms with Crippen LogP contribution >= 0.6 is 0 Å². The summed E-state index contributed by atoms with van der Waals surface area (Å²) in [6.07, 6.45) is 0.554. The molecule has 2 aliphatic rings. The number of aromatic amines is 1. The number of halogens is 3. The van der Waals surface area contributed by atoms with Crippen molar-refractivity contribution in [2.24, 2.45) is 0 Å². The molecule has 0 spiro atoms. The Morgan fingerprint density at radius 3 is 2.37 bits per heavy atom. The molecule has 1 aromatic carbocycles. The number of aromatic nitrogens is 1. The van der Waals surface area contributed by atoms with E-state index in [2.05, 4.69) is 10.3 Å². The van der Waals surface area contributed by atoms with Crippen molar-refractivity contribution in [1.82, 2.24) is 10.3 Å². The molecule has 5 nitrogen and oxygen atoms in total. The SMILES string of the molecule is O=C1CC[C@H](/C=C(\c2ccc(OCC(F)(F)F)cc2)c2ccc(C3CC3)c(=O)[nH]2)N1. The van der Waals surface area contributed by atoms with E-state index in [0.717, 1.165) is 18.4 Å². The Balaban J connectivity index is 1.64. The van der Waals surface area contributed by atoms with Crippen molar-refractivity contribution in [2.75, 3.05) is 6.61 Å². The summed E-state index contributed by atoms with van der Waals surface area (Å²) >= 11 is 0. The molecule has 8 heteroatoms. The monoisotopic (exact) mass is 418 g/mol. The number of alkyl halides is 3. The Labute approximate surface area is 171 Å². The minimum Gasteiger partial charge on any atom is -0.484 e. The Morgan fingerprint density at radius 2 is 1.80 bits per heavy atom. The van der Waals surface area contributed by atoms with Gasteiger partial charge in [-0.3, -0.25) is 9.59 Å². The van der Waals surface area contributed by atoms with Crippen molar-refractivity contribution in [3.8, 4) is 5.75 Å². The molecule has 2 fully saturated rings. The number of H-pyrrole nitrogens is 1. The van der Waals surface area contributed by atoms with Gasteiger partial charge in [0.05, 0.1) is 0 Å². The van der Waals surface area contributed by atoms with Crippen LogP contribution in [-0.4, -0.2) is 29.7 Å². The van der Waals surface area contributed by atoms with Gasteiger partial charge >= 0.3 is 6.18 Å². The van der Waals surface area contributed by atoms with Crippen LogP contribution in [0, 0.1) is 0 Å². The Kier molecular flexibility index (Phi) is 5.40. The molecule has 4 rings (SSSR count). The van der Waals surface area contributed by atoms with Gasteiger partial charge in [-0.25, -0.2) is 0 Å². The molecule has 0 bridgehead atoms. The summed E-state index contributed by atoms with van der Waals surface area (Å²) < 4.78 is 41.8. The van der Waals surface area contributed by atoms with Crippen molar-refractivity contribution < 1.29 is 22.7 Å². The van der Waals surface area contributed by atoms with Crippen molar-refractivity contribution in [3.63, 3.8) is 0 Å². The van der Waals surface area contributed by atoms with Crippen molar-refractivity contribution in [1.29, 1.82) is 0 Å². The molecule has 1 aliphatic heterocycles. The maximum Gasteiger partial charge on any atom is 0.422 e. The summed E-state index contributed by atoms with van der Waals surface area (Å²) in [6, 6.07) is 9.68. The first-order valence-electron chi connectivity index (χ1n) is 9.83. The van der Waals surface area contributed by atoms with Crippen LogP contribution in [0.25, 0.3) is 5.57 Å². The third kappa shape index (κ3) is 4.93. The van der Waals surface area contributed by atoms with Crippen LogP contribution in [0.3, 0.4) is 0 Å². The molecule has 30 heavy (non-hydrogen) atoms. The molecule has 0 unspecified atom stereocenters. The molecule has 158 valence electrons. The summed E-state index contributed by atoms with van der Waals surface area (Å²) in [6.45, 7) is -1.36. The molecule has 2 heterocycles. The van der Waals surface area contributed by atoms with E-state index in [0.29, 0.717) is 35.6 Å². The first-order chi connectivity index (χ1) is 14.3. The Morgan fingerprint density at radius 1 is 1.07 bits per heavy atom. The number of carbonyl (C=O) groups is 1. The van der Waals surface area contributed by atoms with Gasteiger partial charge in [-0.1, -0.05) is 24.3 Å². The van der Waals surface area contributed by atoms with E-state index in [1.165, 1.54) is 12.1 Å². The fraction of sp³-hybridized carbons (Fsp3) is 0.364. The lowest BCUT2D eigenvalue weighted by Gasteiger charge is -2.14. The molecular weight excluding hydrogens is 397 g/mol. The van der Waals surface area contributed by atoms with Gasteiger partial charge in [0.15, 0.2) is 6.61 Å². The Hall–Kier alpha value is -3.03. The van der Waals surface area contributed by atoms with E-state index < -0.39 is 12.8 Å². The third-order valence-electron chi connectivity index (χ3n) is 5.21. The largest absolute Gasteiger partial charge is 0.484 e. The number of hydrogen-bond acceptors (Lipinski definition) is 3. The minimum atomic E-state index is -4.41. The number of ether oxygens (including phenoxy) is 1. The maximum absolute atomic E-state index is 12.5. The predicted octanol–water partition coefficient (Wildman–Crippen LogP) is 3.90. The molecule has 1 aromatic heterocycles. The molecule has 1 saturated heterocycles. The van der Waals surface area contributed by atoms with E-state index in [-0.39, 0.29) is 23.3 Å². The predicted molar refractivity (Wildman–Crippen MR) is 105 cm³/mol. The van der Waals surface area contributed by atoms with Crippen LogP contribution < -0.4 is 15.6 Å². The molecule has 1 aliphatic carbocycles. The van der Waals surface area contributed by atoms with Gasteiger partial charge in [0.2, 0.25) is 5.91 Å². The molecule has 2 aromatic rings. The fourth-order valence-electron chi connectivity index (χ4n) is 3.56. The van der Waals surface area contributed by atoms with Crippen molar-refractivity contribution in [3.05, 3.63) is 69.6 Å². The number of carbonyl (C=O) groups excluding carboxylic acids is 1. The molecular formula is C22H21F3N2O3. The summed E-state index contributed by atoms with van der Waals surface area (Å²) in [4.78, 5) is 27.0. The molecule has 1 atom stereocenters. The number of nitrogens with one attached hydrogen (secondary N) is 2. The van der Waals surface area contributed by atoms with Crippen LogP contribution in [0.15, 0.2) is 47.3 Å². The number of pyridine rings is 1. The second kappa shape index (κ2) is 8.01.